The molecule has 0 unspecified atom stereocenters. The third-order valence-electron chi connectivity index (χ3n) is 1.70. The third kappa shape index (κ3) is 4.03. The number of rotatable bonds is 6. The molecule has 0 aliphatic heterocycles. The lowest BCUT2D eigenvalue weighted by Gasteiger charge is -2.06. The van der Waals surface area contributed by atoms with E-state index in [0.29, 0.717) is 12.4 Å². The number of nitrogens with zero attached hydrogens (tertiary/aromatic N) is 2. The Bertz CT molecular complexity index is 308. The Balaban J connectivity index is 2.79. The molecular weight excluding hydrogens is 212 g/mol. The largest absolute Gasteiger partial charge is 0.378 e. The molecule has 0 atom stereocenters. The van der Waals surface area contributed by atoms with Crippen molar-refractivity contribution in [2.75, 3.05) is 18.3 Å². The van der Waals surface area contributed by atoms with Crippen molar-refractivity contribution in [3.63, 3.8) is 0 Å². The normalized spacial score (nSPS) is 10.3. The van der Waals surface area contributed by atoms with E-state index in [2.05, 4.69) is 22.3 Å². The van der Waals surface area contributed by atoms with Crippen LogP contribution in [0.2, 0.25) is 0 Å². The summed E-state index contributed by atoms with van der Waals surface area (Å²) in [5.74, 6) is 8.57. The minimum atomic E-state index is 0.473. The molecule has 0 bridgehead atoms. The average molecular weight is 228 g/mol. The van der Waals surface area contributed by atoms with Gasteiger partial charge in [-0.2, -0.15) is 11.8 Å². The predicted octanol–water partition coefficient (Wildman–Crippen LogP) is 1.16. The highest BCUT2D eigenvalue weighted by atomic mass is 32.2. The Morgan fingerprint density at radius 1 is 1.53 bits per heavy atom. The van der Waals surface area contributed by atoms with Crippen LogP contribution < -0.4 is 11.3 Å². The van der Waals surface area contributed by atoms with Crippen LogP contribution in [0.3, 0.4) is 0 Å². The summed E-state index contributed by atoms with van der Waals surface area (Å²) in [5.41, 5.74) is 3.37. The Morgan fingerprint density at radius 2 is 2.33 bits per heavy atom. The highest BCUT2D eigenvalue weighted by molar-refractivity contribution is 7.98. The maximum atomic E-state index is 5.32. The highest BCUT2D eigenvalue weighted by Crippen LogP contribution is 2.12. The second-order valence-electron chi connectivity index (χ2n) is 2.88. The summed E-state index contributed by atoms with van der Waals surface area (Å²) < 4.78 is 5.02. The van der Waals surface area contributed by atoms with Gasteiger partial charge in [0.1, 0.15) is 11.6 Å². The fourth-order valence-corrected chi connectivity index (χ4v) is 1.62. The molecule has 0 amide bonds. The molecule has 5 nitrogen and oxygen atoms in total. The molecule has 1 aromatic rings. The Hall–Kier alpha value is -0.850. The van der Waals surface area contributed by atoms with E-state index in [1.54, 1.807) is 24.9 Å². The van der Waals surface area contributed by atoms with E-state index in [0.717, 1.165) is 23.0 Å². The number of hydrazine groups is 1. The molecule has 1 aromatic heterocycles. The monoisotopic (exact) mass is 228 g/mol. The molecule has 0 saturated carbocycles. The third-order valence-corrected chi connectivity index (χ3v) is 2.57. The fraction of sp³-hybridized carbons (Fsp3) is 0.556. The molecule has 0 aromatic carbocycles. The van der Waals surface area contributed by atoms with Crippen LogP contribution >= 0.6 is 11.8 Å². The van der Waals surface area contributed by atoms with Gasteiger partial charge < -0.3 is 10.2 Å². The van der Waals surface area contributed by atoms with E-state index in [9.17, 15) is 0 Å². The minimum absolute atomic E-state index is 0.473. The summed E-state index contributed by atoms with van der Waals surface area (Å²) >= 11 is 1.77. The van der Waals surface area contributed by atoms with Gasteiger partial charge in [0.15, 0.2) is 0 Å². The lowest BCUT2D eigenvalue weighted by molar-refractivity contribution is 0.181. The summed E-state index contributed by atoms with van der Waals surface area (Å²) in [4.78, 5) is 8.60. The van der Waals surface area contributed by atoms with Crippen LogP contribution in [0.1, 0.15) is 18.4 Å². The number of ether oxygens (including phenoxy) is 1. The quantitative estimate of drug-likeness (QED) is 0.562. The number of anilines is 1. The number of methoxy groups -OCH3 is 1. The maximum Gasteiger partial charge on any atom is 0.144 e. The second kappa shape index (κ2) is 6.60. The molecule has 0 saturated heterocycles. The fourth-order valence-electron chi connectivity index (χ4n) is 1.11. The van der Waals surface area contributed by atoms with Crippen LogP contribution in [0, 0.1) is 0 Å². The number of aromatic nitrogens is 2. The topological polar surface area (TPSA) is 73.1 Å². The molecule has 0 spiro atoms. The molecule has 3 N–H and O–H groups in total. The molecule has 0 fully saturated rings. The average Bonchev–Trinajstić information content (AvgIpc) is 2.26. The first-order valence-electron chi connectivity index (χ1n) is 4.70. The van der Waals surface area contributed by atoms with Gasteiger partial charge in [-0.25, -0.2) is 15.8 Å². The summed E-state index contributed by atoms with van der Waals surface area (Å²) in [6.07, 6.45) is 0. The van der Waals surface area contributed by atoms with Crippen LogP contribution in [-0.4, -0.2) is 22.8 Å². The Morgan fingerprint density at radius 3 is 2.93 bits per heavy atom. The van der Waals surface area contributed by atoms with Crippen molar-refractivity contribution in [2.24, 2.45) is 5.84 Å². The lowest BCUT2D eigenvalue weighted by Crippen LogP contribution is -2.11. The van der Waals surface area contributed by atoms with Crippen LogP contribution in [-0.2, 0) is 17.1 Å². The first-order chi connectivity index (χ1) is 7.30. The predicted molar refractivity (Wildman–Crippen MR) is 62.4 cm³/mol. The molecule has 15 heavy (non-hydrogen) atoms. The van der Waals surface area contributed by atoms with Crippen molar-refractivity contribution in [3.05, 3.63) is 17.6 Å². The van der Waals surface area contributed by atoms with E-state index >= 15 is 0 Å². The van der Waals surface area contributed by atoms with Crippen molar-refractivity contribution < 1.29 is 4.74 Å². The number of hydrogen-bond acceptors (Lipinski definition) is 6. The number of nitrogens with one attached hydrogen (secondary N) is 1. The van der Waals surface area contributed by atoms with E-state index in [1.807, 2.05) is 0 Å². The van der Waals surface area contributed by atoms with E-state index in [1.165, 1.54) is 0 Å². The molecule has 0 radical (unpaired) electrons. The van der Waals surface area contributed by atoms with E-state index in [4.69, 9.17) is 10.6 Å². The number of nitrogen functional groups attached to an aromatic ring is 1. The summed E-state index contributed by atoms with van der Waals surface area (Å²) in [7, 11) is 1.64. The molecule has 1 rings (SSSR count). The summed E-state index contributed by atoms with van der Waals surface area (Å²) in [6.45, 7) is 2.58. The van der Waals surface area contributed by atoms with Gasteiger partial charge in [-0.05, 0) is 5.75 Å². The Labute approximate surface area is 93.8 Å². The van der Waals surface area contributed by atoms with Gasteiger partial charge in [0.25, 0.3) is 0 Å². The van der Waals surface area contributed by atoms with Gasteiger partial charge in [-0.15, -0.1) is 0 Å². The van der Waals surface area contributed by atoms with Crippen molar-refractivity contribution in [3.8, 4) is 0 Å². The standard InChI is InChI=1S/C9H16N4OS/c1-3-15-6-9-11-7(5-14-2)4-8(12-9)13-10/h4H,3,5-6,10H2,1-2H3,(H,11,12,13). The van der Waals surface area contributed by atoms with Crippen LogP contribution in [0.25, 0.3) is 0 Å². The molecule has 84 valence electrons. The number of thioether (sulfide) groups is 1. The molecule has 0 aliphatic rings. The SMILES string of the molecule is CCSCc1nc(COC)cc(NN)n1. The molecule has 1 heterocycles. The van der Waals surface area contributed by atoms with Crippen LogP contribution in [0.4, 0.5) is 5.82 Å². The van der Waals surface area contributed by atoms with Gasteiger partial charge in [-0.3, -0.25) is 0 Å². The number of hydrogen-bond donors (Lipinski definition) is 2. The van der Waals surface area contributed by atoms with E-state index < -0.39 is 0 Å². The zero-order chi connectivity index (χ0) is 11.1. The highest BCUT2D eigenvalue weighted by Gasteiger charge is 2.03. The van der Waals surface area contributed by atoms with Gasteiger partial charge in [0.2, 0.25) is 0 Å². The van der Waals surface area contributed by atoms with Crippen molar-refractivity contribution in [2.45, 2.75) is 19.3 Å². The molecular formula is C9H16N4OS. The lowest BCUT2D eigenvalue weighted by atomic mass is 10.4. The van der Waals surface area contributed by atoms with Crippen molar-refractivity contribution in [1.29, 1.82) is 0 Å². The van der Waals surface area contributed by atoms with Gasteiger partial charge in [0.05, 0.1) is 18.1 Å². The smallest absolute Gasteiger partial charge is 0.144 e. The zero-order valence-electron chi connectivity index (χ0n) is 8.99. The molecule has 0 aliphatic carbocycles. The molecule has 6 heteroatoms. The van der Waals surface area contributed by atoms with Gasteiger partial charge in [0, 0.05) is 13.2 Å². The van der Waals surface area contributed by atoms with Crippen LogP contribution in [0.15, 0.2) is 6.07 Å². The van der Waals surface area contributed by atoms with Crippen molar-refractivity contribution >= 4 is 17.6 Å². The number of nitrogens with two attached hydrogens (primary N) is 1. The minimum Gasteiger partial charge on any atom is -0.378 e. The van der Waals surface area contributed by atoms with Crippen LogP contribution in [0.5, 0.6) is 0 Å². The van der Waals surface area contributed by atoms with Gasteiger partial charge >= 0.3 is 0 Å². The van der Waals surface area contributed by atoms with Crippen molar-refractivity contribution in [1.82, 2.24) is 9.97 Å². The summed E-state index contributed by atoms with van der Waals surface area (Å²) in [5, 5.41) is 0. The first-order valence-corrected chi connectivity index (χ1v) is 5.85. The Kier molecular flexibility index (Phi) is 5.38. The second-order valence-corrected chi connectivity index (χ2v) is 4.15. The van der Waals surface area contributed by atoms with Gasteiger partial charge in [-0.1, -0.05) is 6.92 Å². The van der Waals surface area contributed by atoms with E-state index in [-0.39, 0.29) is 0 Å². The summed E-state index contributed by atoms with van der Waals surface area (Å²) in [6, 6.07) is 1.78. The zero-order valence-corrected chi connectivity index (χ0v) is 9.80. The first kappa shape index (κ1) is 12.2. The maximum absolute atomic E-state index is 5.32.